The highest BCUT2D eigenvalue weighted by Crippen LogP contribution is 2.80. The first-order valence-corrected chi connectivity index (χ1v) is 12.8. The second kappa shape index (κ2) is 10.6. The summed E-state index contributed by atoms with van der Waals surface area (Å²) in [6.07, 6.45) is -0.282. The fourth-order valence-electron chi connectivity index (χ4n) is 2.59. The van der Waals surface area contributed by atoms with E-state index < -0.39 is 51.2 Å². The van der Waals surface area contributed by atoms with Crippen LogP contribution in [-0.2, 0) is 33.6 Å². The van der Waals surface area contributed by atoms with Crippen molar-refractivity contribution in [2.45, 2.75) is 91.4 Å². The van der Waals surface area contributed by atoms with Gasteiger partial charge < -0.3 is 18.1 Å². The highest BCUT2D eigenvalue weighted by Gasteiger charge is 2.68. The van der Waals surface area contributed by atoms with Crippen LogP contribution in [0.15, 0.2) is 24.5 Å². The van der Waals surface area contributed by atoms with Crippen LogP contribution >= 0.6 is 15.2 Å². The summed E-state index contributed by atoms with van der Waals surface area (Å²) in [5, 5.41) is -3.08. The highest BCUT2D eigenvalue weighted by atomic mass is 31.2. The lowest BCUT2D eigenvalue weighted by Gasteiger charge is -2.39. The topological polar surface area (TPSA) is 84.0 Å². The Hall–Kier alpha value is -0.620. The van der Waals surface area contributed by atoms with Crippen LogP contribution in [0.1, 0.15) is 61.0 Å². The van der Waals surface area contributed by atoms with Crippen LogP contribution in [0, 0.1) is 0 Å². The Labute approximate surface area is 173 Å². The number of alkyl halides is 1. The lowest BCUT2D eigenvalue weighted by atomic mass is 10.2. The number of rotatable bonds is 12. The Morgan fingerprint density at radius 1 is 0.862 bits per heavy atom. The van der Waals surface area contributed by atoms with Gasteiger partial charge in [0.1, 0.15) is 0 Å². The van der Waals surface area contributed by atoms with Crippen LogP contribution in [0.3, 0.4) is 0 Å². The zero-order valence-electron chi connectivity index (χ0n) is 18.5. The molecule has 0 saturated carbocycles. The van der Waals surface area contributed by atoms with Gasteiger partial charge in [-0.2, -0.15) is 0 Å². The fourth-order valence-corrected chi connectivity index (χ4v) is 8.07. The standard InChI is InChI=1S/C19H34FNO6P2/c1-14(2)24-28(22,25-15(3)4)19(20,12-18-10-9-11-21-13-18)29(23,26-16(5)6)27-17(7)8/h9-11,13-17H,12H2,1-8H3. The van der Waals surface area contributed by atoms with E-state index in [-0.39, 0.29) is 0 Å². The lowest BCUT2D eigenvalue weighted by molar-refractivity contribution is 0.0807. The molecule has 0 amide bonds. The maximum Gasteiger partial charge on any atom is 0.381 e. The number of nitrogens with zero attached hydrogens (tertiary/aromatic N) is 1. The molecule has 7 nitrogen and oxygen atoms in total. The zero-order chi connectivity index (χ0) is 22.5. The number of hydrogen-bond acceptors (Lipinski definition) is 7. The van der Waals surface area contributed by atoms with Crippen LogP contribution in [0.25, 0.3) is 0 Å². The number of aromatic nitrogens is 1. The summed E-state index contributed by atoms with van der Waals surface area (Å²) < 4.78 is 66.8. The monoisotopic (exact) mass is 453 g/mol. The van der Waals surface area contributed by atoms with Crippen molar-refractivity contribution in [3.8, 4) is 0 Å². The number of hydrogen-bond donors (Lipinski definition) is 0. The van der Waals surface area contributed by atoms with Crippen molar-refractivity contribution in [3.63, 3.8) is 0 Å². The lowest BCUT2D eigenvalue weighted by Crippen LogP contribution is -2.34. The van der Waals surface area contributed by atoms with Crippen LogP contribution < -0.4 is 0 Å². The van der Waals surface area contributed by atoms with E-state index in [9.17, 15) is 9.13 Å². The van der Waals surface area contributed by atoms with Gasteiger partial charge in [-0.05, 0) is 67.0 Å². The summed E-state index contributed by atoms with van der Waals surface area (Å²) in [6, 6.07) is 3.19. The molecular weight excluding hydrogens is 419 g/mol. The van der Waals surface area contributed by atoms with E-state index >= 15 is 4.39 Å². The Bertz CT molecular complexity index is 661. The van der Waals surface area contributed by atoms with E-state index in [0.29, 0.717) is 5.56 Å². The molecule has 1 aromatic rings. The second-order valence-electron chi connectivity index (χ2n) is 7.87. The SMILES string of the molecule is CC(C)OP(=O)(OC(C)C)C(F)(Cc1cccnc1)P(=O)(OC(C)C)OC(C)C. The van der Waals surface area contributed by atoms with Gasteiger partial charge in [-0.25, -0.2) is 4.39 Å². The molecule has 0 aromatic carbocycles. The Balaban J connectivity index is 3.72. The normalized spacial score (nSPS) is 13.8. The molecule has 0 radical (unpaired) electrons. The van der Waals surface area contributed by atoms with Crippen molar-refractivity contribution >= 4 is 15.2 Å². The van der Waals surface area contributed by atoms with E-state index in [1.54, 1.807) is 67.5 Å². The molecule has 29 heavy (non-hydrogen) atoms. The summed E-state index contributed by atoms with van der Waals surface area (Å²) >= 11 is 0. The summed E-state index contributed by atoms with van der Waals surface area (Å²) in [5.41, 5.74) is 0.356. The van der Waals surface area contributed by atoms with Crippen LogP contribution in [0.5, 0.6) is 0 Å². The van der Waals surface area contributed by atoms with Gasteiger partial charge in [-0.15, -0.1) is 0 Å². The van der Waals surface area contributed by atoms with Gasteiger partial charge in [0, 0.05) is 18.8 Å². The maximum absolute atomic E-state index is 17.0. The van der Waals surface area contributed by atoms with Crippen LogP contribution in [-0.4, -0.2) is 34.6 Å². The minimum atomic E-state index is -4.66. The van der Waals surface area contributed by atoms with Crippen LogP contribution in [0.2, 0.25) is 0 Å². The van der Waals surface area contributed by atoms with Crippen LogP contribution in [0.4, 0.5) is 4.39 Å². The largest absolute Gasteiger partial charge is 0.381 e. The molecular formula is C19H34FNO6P2. The van der Waals surface area contributed by atoms with Crippen molar-refractivity contribution in [2.75, 3.05) is 0 Å². The van der Waals surface area contributed by atoms with Crippen molar-refractivity contribution in [3.05, 3.63) is 30.1 Å². The molecule has 0 aliphatic heterocycles. The molecule has 10 heteroatoms. The first-order valence-electron chi connectivity index (χ1n) is 9.76. The summed E-state index contributed by atoms with van der Waals surface area (Å²) in [5.74, 6) is 0. The Morgan fingerprint density at radius 2 is 1.24 bits per heavy atom. The minimum Gasteiger partial charge on any atom is -0.303 e. The highest BCUT2D eigenvalue weighted by molar-refractivity contribution is 7.74. The van der Waals surface area contributed by atoms with E-state index in [0.717, 1.165) is 0 Å². The molecule has 0 N–H and O–H groups in total. The molecule has 1 heterocycles. The first-order chi connectivity index (χ1) is 13.2. The molecule has 168 valence electrons. The van der Waals surface area contributed by atoms with Crippen molar-refractivity contribution in [1.29, 1.82) is 0 Å². The molecule has 0 fully saturated rings. The van der Waals surface area contributed by atoms with Gasteiger partial charge in [0.25, 0.3) is 0 Å². The quantitative estimate of drug-likeness (QED) is 0.342. The summed E-state index contributed by atoms with van der Waals surface area (Å²) in [7, 11) is -9.32. The van der Waals surface area contributed by atoms with Gasteiger partial charge in [0.15, 0.2) is 0 Å². The Kier molecular flexibility index (Phi) is 9.66. The molecule has 0 atom stereocenters. The number of pyridine rings is 1. The molecule has 0 unspecified atom stereocenters. The zero-order valence-corrected chi connectivity index (χ0v) is 20.3. The van der Waals surface area contributed by atoms with E-state index in [1.807, 2.05) is 0 Å². The van der Waals surface area contributed by atoms with Crippen molar-refractivity contribution in [1.82, 2.24) is 4.98 Å². The minimum absolute atomic E-state index is 0.356. The van der Waals surface area contributed by atoms with E-state index in [2.05, 4.69) is 4.98 Å². The molecule has 0 saturated heterocycles. The average molecular weight is 453 g/mol. The predicted octanol–water partition coefficient (Wildman–Crippen LogP) is 6.33. The Morgan fingerprint density at radius 3 is 1.52 bits per heavy atom. The van der Waals surface area contributed by atoms with E-state index in [1.165, 1.54) is 12.4 Å². The van der Waals surface area contributed by atoms with Crippen molar-refractivity contribution < 1.29 is 31.6 Å². The maximum atomic E-state index is 17.0. The second-order valence-corrected chi connectivity index (χ2v) is 12.5. The average Bonchev–Trinajstić information content (AvgIpc) is 2.52. The van der Waals surface area contributed by atoms with Gasteiger partial charge >= 0.3 is 20.3 Å². The summed E-state index contributed by atoms with van der Waals surface area (Å²) in [4.78, 5) is 3.97. The molecule has 0 spiro atoms. The van der Waals surface area contributed by atoms with Gasteiger partial charge in [0.05, 0.1) is 24.4 Å². The third-order valence-corrected chi connectivity index (χ3v) is 9.65. The van der Waals surface area contributed by atoms with E-state index in [4.69, 9.17) is 18.1 Å². The van der Waals surface area contributed by atoms with Gasteiger partial charge in [-0.1, -0.05) is 6.07 Å². The molecule has 1 aromatic heterocycles. The van der Waals surface area contributed by atoms with Crippen molar-refractivity contribution in [2.24, 2.45) is 0 Å². The fraction of sp³-hybridized carbons (Fsp3) is 0.737. The molecule has 0 aliphatic carbocycles. The molecule has 1 rings (SSSR count). The predicted molar refractivity (Wildman–Crippen MR) is 112 cm³/mol. The molecule has 0 aliphatic rings. The van der Waals surface area contributed by atoms with Gasteiger partial charge in [-0.3, -0.25) is 14.1 Å². The van der Waals surface area contributed by atoms with Gasteiger partial charge in [0.2, 0.25) is 0 Å². The first kappa shape index (κ1) is 26.4. The number of halogens is 1. The third-order valence-electron chi connectivity index (χ3n) is 3.39. The third kappa shape index (κ3) is 6.95. The smallest absolute Gasteiger partial charge is 0.303 e. The molecule has 0 bridgehead atoms. The summed E-state index contributed by atoms with van der Waals surface area (Å²) in [6.45, 7) is 12.8.